The van der Waals surface area contributed by atoms with Crippen LogP contribution in [0.2, 0.25) is 0 Å². The van der Waals surface area contributed by atoms with Crippen LogP contribution >= 0.6 is 0 Å². The normalized spacial score (nSPS) is 16.8. The Kier molecular flexibility index (Phi) is 14.8. The van der Waals surface area contributed by atoms with E-state index in [0.29, 0.717) is 25.9 Å². The zero-order valence-electron chi connectivity index (χ0n) is 31.7. The Morgan fingerprint density at radius 1 is 0.673 bits per heavy atom. The lowest BCUT2D eigenvalue weighted by atomic mass is 9.98. The Hall–Kier alpha value is -5.12. The third kappa shape index (κ3) is 12.5. The monoisotopic (exact) mass is 739 g/mol. The molecule has 8 heteroatoms. The first-order chi connectivity index (χ1) is 26.9. The number of amides is 2. The molecule has 1 aliphatic heterocycles. The molecule has 0 unspecified atom stereocenters. The van der Waals surface area contributed by atoms with Crippen molar-refractivity contribution in [3.63, 3.8) is 0 Å². The molecule has 3 N–H and O–H groups in total. The maximum absolute atomic E-state index is 12.5. The van der Waals surface area contributed by atoms with Gasteiger partial charge in [-0.3, -0.25) is 14.5 Å². The molecule has 0 radical (unpaired) electrons. The Labute approximate surface area is 325 Å². The number of carbonyl (C=O) groups excluding carboxylic acids is 2. The van der Waals surface area contributed by atoms with Gasteiger partial charge < -0.3 is 25.2 Å². The van der Waals surface area contributed by atoms with Gasteiger partial charge in [-0.25, -0.2) is 0 Å². The first-order valence-electron chi connectivity index (χ1n) is 19.4. The number of aliphatic hydroxyl groups is 1. The Morgan fingerprint density at radius 2 is 1.33 bits per heavy atom. The fourth-order valence-corrected chi connectivity index (χ4v) is 7.02. The van der Waals surface area contributed by atoms with Crippen molar-refractivity contribution in [1.29, 1.82) is 0 Å². The number of nitrogens with one attached hydrogen (secondary N) is 2. The highest BCUT2D eigenvalue weighted by atomic mass is 16.7. The average molecular weight is 740 g/mol. The smallest absolute Gasteiger partial charge is 0.220 e. The average Bonchev–Trinajstić information content (AvgIpc) is 3.22. The van der Waals surface area contributed by atoms with E-state index >= 15 is 0 Å². The molecule has 55 heavy (non-hydrogen) atoms. The summed E-state index contributed by atoms with van der Waals surface area (Å²) in [5.74, 6) is 0.00970. The van der Waals surface area contributed by atoms with Gasteiger partial charge in [-0.2, -0.15) is 0 Å². The highest BCUT2D eigenvalue weighted by Gasteiger charge is 2.33. The van der Waals surface area contributed by atoms with E-state index in [1.54, 1.807) is 0 Å². The van der Waals surface area contributed by atoms with E-state index in [9.17, 15) is 14.7 Å². The van der Waals surface area contributed by atoms with Crippen LogP contribution in [0, 0.1) is 0 Å². The third-order valence-electron chi connectivity index (χ3n) is 9.96. The van der Waals surface area contributed by atoms with Gasteiger partial charge in [-0.15, -0.1) is 0 Å². The van der Waals surface area contributed by atoms with E-state index in [-0.39, 0.29) is 30.6 Å². The van der Waals surface area contributed by atoms with Crippen LogP contribution in [0.5, 0.6) is 0 Å². The lowest BCUT2D eigenvalue weighted by Crippen LogP contribution is -2.39. The minimum absolute atomic E-state index is 0.00102. The molecule has 1 aliphatic rings. The topological polar surface area (TPSA) is 100 Å². The highest BCUT2D eigenvalue weighted by molar-refractivity contribution is 5.76. The number of nitrogens with zero attached hydrogens (tertiary/aromatic N) is 1. The Bertz CT molecular complexity index is 1880. The quantitative estimate of drug-likeness (QED) is 0.0781. The van der Waals surface area contributed by atoms with Gasteiger partial charge in [-0.05, 0) is 57.9 Å². The molecule has 1 fully saturated rings. The van der Waals surface area contributed by atoms with Crippen LogP contribution in [0.15, 0.2) is 133 Å². The van der Waals surface area contributed by atoms with Crippen LogP contribution in [0.1, 0.15) is 84.8 Å². The number of benzene rings is 5. The molecule has 1 saturated heterocycles. The van der Waals surface area contributed by atoms with Gasteiger partial charge in [0, 0.05) is 58.1 Å². The molecule has 286 valence electrons. The van der Waals surface area contributed by atoms with Crippen molar-refractivity contribution >= 4 is 11.8 Å². The molecular weight excluding hydrogens is 687 g/mol. The Morgan fingerprint density at radius 3 is 1.98 bits per heavy atom. The first-order valence-corrected chi connectivity index (χ1v) is 19.4. The second-order valence-electron chi connectivity index (χ2n) is 14.4. The summed E-state index contributed by atoms with van der Waals surface area (Å²) in [5.41, 5.74) is 8.57. The van der Waals surface area contributed by atoms with Crippen molar-refractivity contribution < 1.29 is 24.2 Å². The van der Waals surface area contributed by atoms with Crippen molar-refractivity contribution in [2.24, 2.45) is 0 Å². The van der Waals surface area contributed by atoms with Gasteiger partial charge in [0.2, 0.25) is 11.8 Å². The molecule has 8 nitrogen and oxygen atoms in total. The number of ether oxygens (including phenoxy) is 2. The van der Waals surface area contributed by atoms with Gasteiger partial charge >= 0.3 is 0 Å². The zero-order valence-corrected chi connectivity index (χ0v) is 31.7. The van der Waals surface area contributed by atoms with Crippen molar-refractivity contribution in [3.8, 4) is 11.1 Å². The van der Waals surface area contributed by atoms with Gasteiger partial charge in [0.25, 0.3) is 0 Å². The number of rotatable bonds is 18. The standard InChI is InChI=1S/C47H53N3O5/c1-35(52)48-27-10-4-9-18-46(53)49-30-39-16-11-17-43(28-39)40-23-25-42(26-24-40)47-54-44(29-45(55-47)41-21-19-38(34-51)20-22-41)33-50(31-36-12-5-2-6-13-36)32-37-14-7-3-8-15-37/h2-3,5-8,11-17,19-26,28,44-45,47,51H,4,9-10,18,27,29-34H2,1H3,(H,48,52)(H,49,53)/t44-,45+,47+/m0/s1. The predicted molar refractivity (Wildman–Crippen MR) is 216 cm³/mol. The molecule has 3 atom stereocenters. The van der Waals surface area contributed by atoms with E-state index in [4.69, 9.17) is 9.47 Å². The summed E-state index contributed by atoms with van der Waals surface area (Å²) >= 11 is 0. The molecule has 0 aromatic heterocycles. The molecule has 0 saturated carbocycles. The molecule has 6 rings (SSSR count). The van der Waals surface area contributed by atoms with E-state index in [0.717, 1.165) is 72.3 Å². The number of unbranched alkanes of at least 4 members (excludes halogenated alkanes) is 2. The van der Waals surface area contributed by atoms with Crippen molar-refractivity contribution in [2.45, 2.75) is 83.8 Å². The van der Waals surface area contributed by atoms with Crippen LogP contribution in [-0.4, -0.2) is 41.0 Å². The second kappa shape index (κ2) is 20.5. The van der Waals surface area contributed by atoms with Crippen LogP contribution in [0.25, 0.3) is 11.1 Å². The number of hydrogen-bond acceptors (Lipinski definition) is 6. The largest absolute Gasteiger partial charge is 0.392 e. The summed E-state index contributed by atoms with van der Waals surface area (Å²) < 4.78 is 13.5. The van der Waals surface area contributed by atoms with Crippen molar-refractivity contribution in [2.75, 3.05) is 13.1 Å². The second-order valence-corrected chi connectivity index (χ2v) is 14.4. The van der Waals surface area contributed by atoms with E-state index in [1.807, 2.05) is 24.3 Å². The van der Waals surface area contributed by atoms with Crippen LogP contribution < -0.4 is 10.6 Å². The van der Waals surface area contributed by atoms with Gasteiger partial charge in [0.1, 0.15) is 0 Å². The highest BCUT2D eigenvalue weighted by Crippen LogP contribution is 2.39. The van der Waals surface area contributed by atoms with E-state index < -0.39 is 6.29 Å². The number of hydrogen-bond donors (Lipinski definition) is 3. The lowest BCUT2D eigenvalue weighted by Gasteiger charge is -2.38. The summed E-state index contributed by atoms with van der Waals surface area (Å²) in [7, 11) is 0. The minimum Gasteiger partial charge on any atom is -0.392 e. The molecule has 0 bridgehead atoms. The molecule has 0 spiro atoms. The lowest BCUT2D eigenvalue weighted by molar-refractivity contribution is -0.253. The van der Waals surface area contributed by atoms with Gasteiger partial charge in [-0.1, -0.05) is 134 Å². The number of carbonyl (C=O) groups is 2. The van der Waals surface area contributed by atoms with Crippen molar-refractivity contribution in [1.82, 2.24) is 15.5 Å². The van der Waals surface area contributed by atoms with Crippen molar-refractivity contribution in [3.05, 3.63) is 167 Å². The molecule has 5 aromatic carbocycles. The van der Waals surface area contributed by atoms with Crippen LogP contribution in [0.4, 0.5) is 0 Å². The fraction of sp³-hybridized carbons (Fsp3) is 0.319. The summed E-state index contributed by atoms with van der Waals surface area (Å²) in [5, 5.41) is 15.5. The summed E-state index contributed by atoms with van der Waals surface area (Å²) in [6.07, 6.45) is 2.91. The Balaban J connectivity index is 1.13. The van der Waals surface area contributed by atoms with Gasteiger partial charge in [0.15, 0.2) is 6.29 Å². The molecule has 1 heterocycles. The van der Waals surface area contributed by atoms with Crippen LogP contribution in [0.3, 0.4) is 0 Å². The third-order valence-corrected chi connectivity index (χ3v) is 9.96. The van der Waals surface area contributed by atoms with E-state index in [1.165, 1.54) is 18.1 Å². The zero-order chi connectivity index (χ0) is 38.2. The SMILES string of the molecule is CC(=O)NCCCCCC(=O)NCc1cccc(-c2ccc([C@@H]3O[C@H](CN(Cc4ccccc4)Cc4ccccc4)C[C@H](c4ccc(CO)cc4)O3)cc2)c1. The van der Waals surface area contributed by atoms with E-state index in [2.05, 4.69) is 125 Å². The molecular formula is C47H53N3O5. The fourth-order valence-electron chi connectivity index (χ4n) is 7.02. The molecule has 2 amide bonds. The summed E-state index contributed by atoms with van der Waals surface area (Å²) in [6, 6.07) is 45.8. The maximum atomic E-state index is 12.5. The predicted octanol–water partition coefficient (Wildman–Crippen LogP) is 8.41. The number of aliphatic hydroxyl groups excluding tert-OH is 1. The summed E-state index contributed by atoms with van der Waals surface area (Å²) in [4.78, 5) is 25.9. The van der Waals surface area contributed by atoms with Gasteiger partial charge in [0.05, 0.1) is 18.8 Å². The maximum Gasteiger partial charge on any atom is 0.220 e. The molecule has 0 aliphatic carbocycles. The van der Waals surface area contributed by atoms with Crippen LogP contribution in [-0.2, 0) is 45.3 Å². The minimum atomic E-state index is -0.558. The first kappa shape index (κ1) is 39.6. The summed E-state index contributed by atoms with van der Waals surface area (Å²) in [6.45, 7) is 4.96. The molecule has 5 aromatic rings.